The van der Waals surface area contributed by atoms with Crippen LogP contribution in [0.2, 0.25) is 5.02 Å². The van der Waals surface area contributed by atoms with E-state index in [0.29, 0.717) is 0 Å². The molecular formula is C8H2ClF5O. The van der Waals surface area contributed by atoms with E-state index in [1.807, 2.05) is 0 Å². The Morgan fingerprint density at radius 2 is 1.80 bits per heavy atom. The lowest BCUT2D eigenvalue weighted by molar-refractivity contribution is -0.137. The van der Waals surface area contributed by atoms with Crippen LogP contribution in [0.1, 0.15) is 15.9 Å². The molecule has 1 aromatic carbocycles. The summed E-state index contributed by atoms with van der Waals surface area (Å²) in [5.74, 6) is -3.31. The van der Waals surface area contributed by atoms with Crippen LogP contribution in [-0.2, 0) is 6.18 Å². The Morgan fingerprint density at radius 1 is 1.27 bits per heavy atom. The molecule has 0 atom stereocenters. The van der Waals surface area contributed by atoms with Crippen molar-refractivity contribution in [1.29, 1.82) is 0 Å². The number of hydrogen-bond acceptors (Lipinski definition) is 1. The minimum atomic E-state index is -4.97. The predicted molar refractivity (Wildman–Crippen MR) is 41.8 cm³/mol. The highest BCUT2D eigenvalue weighted by Crippen LogP contribution is 2.37. The number of aldehydes is 1. The summed E-state index contributed by atoms with van der Waals surface area (Å²) in [5.41, 5.74) is -2.77. The summed E-state index contributed by atoms with van der Waals surface area (Å²) < 4.78 is 62.2. The van der Waals surface area contributed by atoms with Crippen LogP contribution in [0.3, 0.4) is 0 Å². The molecule has 0 radical (unpaired) electrons. The van der Waals surface area contributed by atoms with E-state index in [0.717, 1.165) is 0 Å². The fourth-order valence-electron chi connectivity index (χ4n) is 0.923. The Kier molecular flexibility index (Phi) is 2.99. The quantitative estimate of drug-likeness (QED) is 0.420. The van der Waals surface area contributed by atoms with Gasteiger partial charge in [-0.1, -0.05) is 11.6 Å². The second-order valence-electron chi connectivity index (χ2n) is 2.56. The lowest BCUT2D eigenvalue weighted by Crippen LogP contribution is -2.10. The third kappa shape index (κ3) is 2.09. The zero-order valence-electron chi connectivity index (χ0n) is 6.83. The van der Waals surface area contributed by atoms with Gasteiger partial charge in [0.1, 0.15) is 5.82 Å². The molecule has 1 nitrogen and oxygen atoms in total. The van der Waals surface area contributed by atoms with Crippen molar-refractivity contribution in [3.05, 3.63) is 33.9 Å². The van der Waals surface area contributed by atoms with E-state index in [2.05, 4.69) is 0 Å². The van der Waals surface area contributed by atoms with Gasteiger partial charge in [0.05, 0.1) is 16.1 Å². The second-order valence-corrected chi connectivity index (χ2v) is 2.94. The molecule has 15 heavy (non-hydrogen) atoms. The Labute approximate surface area is 85.5 Å². The van der Waals surface area contributed by atoms with Gasteiger partial charge in [-0.3, -0.25) is 4.79 Å². The molecule has 1 aromatic rings. The lowest BCUT2D eigenvalue weighted by Gasteiger charge is -2.10. The molecule has 0 unspecified atom stereocenters. The SMILES string of the molecule is O=Cc1c(F)cc(C(F)(F)F)c(Cl)c1F. The van der Waals surface area contributed by atoms with Crippen LogP contribution in [0.25, 0.3) is 0 Å². The molecule has 0 heterocycles. The van der Waals surface area contributed by atoms with Gasteiger partial charge in [-0.2, -0.15) is 13.2 Å². The first-order valence-corrected chi connectivity index (χ1v) is 3.86. The predicted octanol–water partition coefficient (Wildman–Crippen LogP) is 3.45. The molecule has 0 amide bonds. The molecule has 0 saturated heterocycles. The van der Waals surface area contributed by atoms with E-state index >= 15 is 0 Å². The van der Waals surface area contributed by atoms with E-state index in [9.17, 15) is 26.7 Å². The van der Waals surface area contributed by atoms with Crippen molar-refractivity contribution < 1.29 is 26.7 Å². The number of halogens is 6. The largest absolute Gasteiger partial charge is 0.418 e. The molecular weight excluding hydrogens is 243 g/mol. The standard InChI is InChI=1S/C8H2ClF5O/c9-6-4(8(12,13)14)1-5(10)3(2-15)7(6)11/h1-2H. The van der Waals surface area contributed by atoms with Gasteiger partial charge in [0.15, 0.2) is 12.1 Å². The molecule has 0 aromatic heterocycles. The first-order valence-electron chi connectivity index (χ1n) is 3.49. The molecule has 0 fully saturated rings. The minimum Gasteiger partial charge on any atom is -0.298 e. The summed E-state index contributed by atoms with van der Waals surface area (Å²) in [6.45, 7) is 0. The van der Waals surface area contributed by atoms with Crippen molar-refractivity contribution >= 4 is 17.9 Å². The Balaban J connectivity index is 3.55. The topological polar surface area (TPSA) is 17.1 Å². The van der Waals surface area contributed by atoms with Crippen molar-refractivity contribution in [3.63, 3.8) is 0 Å². The van der Waals surface area contributed by atoms with Crippen molar-refractivity contribution in [3.8, 4) is 0 Å². The summed E-state index contributed by atoms with van der Waals surface area (Å²) in [7, 11) is 0. The van der Waals surface area contributed by atoms with Crippen molar-refractivity contribution in [2.45, 2.75) is 6.18 Å². The number of carbonyl (C=O) groups is 1. The normalized spacial score (nSPS) is 11.6. The van der Waals surface area contributed by atoms with Crippen molar-refractivity contribution in [1.82, 2.24) is 0 Å². The lowest BCUT2D eigenvalue weighted by atomic mass is 10.1. The van der Waals surface area contributed by atoms with Gasteiger partial charge in [-0.05, 0) is 6.07 Å². The van der Waals surface area contributed by atoms with Crippen LogP contribution in [0.15, 0.2) is 6.07 Å². The van der Waals surface area contributed by atoms with E-state index < -0.39 is 34.0 Å². The Morgan fingerprint density at radius 3 is 2.20 bits per heavy atom. The molecule has 0 aliphatic rings. The fraction of sp³-hybridized carbons (Fsp3) is 0.125. The summed E-state index contributed by atoms with van der Waals surface area (Å²) in [6.07, 6.45) is -5.21. The molecule has 1 rings (SSSR count). The average Bonchev–Trinajstić information content (AvgIpc) is 2.10. The van der Waals surface area contributed by atoms with Gasteiger partial charge in [0, 0.05) is 0 Å². The van der Waals surface area contributed by atoms with Gasteiger partial charge in [0.25, 0.3) is 0 Å². The smallest absolute Gasteiger partial charge is 0.298 e. The van der Waals surface area contributed by atoms with E-state index in [1.165, 1.54) is 0 Å². The van der Waals surface area contributed by atoms with Gasteiger partial charge in [-0.15, -0.1) is 0 Å². The number of hydrogen-bond donors (Lipinski definition) is 0. The first-order chi connectivity index (χ1) is 6.79. The highest BCUT2D eigenvalue weighted by molar-refractivity contribution is 6.31. The third-order valence-electron chi connectivity index (χ3n) is 1.62. The summed E-state index contributed by atoms with van der Waals surface area (Å²) in [6, 6.07) is -0.0187. The van der Waals surface area contributed by atoms with Crippen molar-refractivity contribution in [2.24, 2.45) is 0 Å². The van der Waals surface area contributed by atoms with E-state index in [-0.39, 0.29) is 12.4 Å². The number of benzene rings is 1. The molecule has 0 aliphatic heterocycles. The molecule has 0 N–H and O–H groups in total. The summed E-state index contributed by atoms with van der Waals surface area (Å²) >= 11 is 5.01. The number of carbonyl (C=O) groups excluding carboxylic acids is 1. The molecule has 0 aliphatic carbocycles. The zero-order chi connectivity index (χ0) is 11.8. The highest BCUT2D eigenvalue weighted by Gasteiger charge is 2.36. The van der Waals surface area contributed by atoms with Crippen LogP contribution >= 0.6 is 11.6 Å². The van der Waals surface area contributed by atoms with Crippen LogP contribution in [-0.4, -0.2) is 6.29 Å². The van der Waals surface area contributed by atoms with E-state index in [1.54, 1.807) is 0 Å². The molecule has 7 heteroatoms. The van der Waals surface area contributed by atoms with Crippen LogP contribution in [0.4, 0.5) is 22.0 Å². The number of rotatable bonds is 1. The van der Waals surface area contributed by atoms with Crippen LogP contribution < -0.4 is 0 Å². The third-order valence-corrected chi connectivity index (χ3v) is 1.99. The molecule has 0 spiro atoms. The number of alkyl halides is 3. The average molecular weight is 245 g/mol. The maximum absolute atomic E-state index is 13.0. The Bertz CT molecular complexity index is 412. The maximum Gasteiger partial charge on any atom is 0.418 e. The van der Waals surface area contributed by atoms with Gasteiger partial charge in [-0.25, -0.2) is 8.78 Å². The maximum atomic E-state index is 13.0. The molecule has 82 valence electrons. The van der Waals surface area contributed by atoms with Gasteiger partial charge in [0.2, 0.25) is 0 Å². The first kappa shape index (κ1) is 11.9. The Hall–Kier alpha value is -1.17. The van der Waals surface area contributed by atoms with Crippen LogP contribution in [0.5, 0.6) is 0 Å². The van der Waals surface area contributed by atoms with Gasteiger partial charge < -0.3 is 0 Å². The second kappa shape index (κ2) is 3.77. The highest BCUT2D eigenvalue weighted by atomic mass is 35.5. The minimum absolute atomic E-state index is 0.0187. The summed E-state index contributed by atoms with van der Waals surface area (Å²) in [5, 5.41) is -1.31. The zero-order valence-corrected chi connectivity index (χ0v) is 7.59. The monoisotopic (exact) mass is 244 g/mol. The van der Waals surface area contributed by atoms with E-state index in [4.69, 9.17) is 11.6 Å². The molecule has 0 bridgehead atoms. The van der Waals surface area contributed by atoms with Crippen molar-refractivity contribution in [2.75, 3.05) is 0 Å². The van der Waals surface area contributed by atoms with Gasteiger partial charge >= 0.3 is 6.18 Å². The fourth-order valence-corrected chi connectivity index (χ4v) is 1.19. The summed E-state index contributed by atoms with van der Waals surface area (Å²) in [4.78, 5) is 10.1. The molecule has 0 saturated carbocycles. The van der Waals surface area contributed by atoms with Crippen LogP contribution in [0, 0.1) is 11.6 Å².